The molecule has 2 aromatic heterocycles. The second kappa shape index (κ2) is 9.73. The Morgan fingerprint density at radius 3 is 2.06 bits per heavy atom. The number of hydrogen-bond acceptors (Lipinski definition) is 10. The molecule has 0 atom stereocenters. The lowest BCUT2D eigenvalue weighted by Crippen LogP contribution is -2.13. The molecule has 4 aromatic rings. The van der Waals surface area contributed by atoms with Crippen LogP contribution in [0.5, 0.6) is 0 Å². The van der Waals surface area contributed by atoms with Gasteiger partial charge < -0.3 is 25.6 Å². The van der Waals surface area contributed by atoms with Gasteiger partial charge in [0, 0.05) is 12.1 Å². The first-order chi connectivity index (χ1) is 16.4. The molecule has 0 aliphatic carbocycles. The number of anilines is 1. The molecule has 0 bridgehead atoms. The molecule has 0 saturated carbocycles. The summed E-state index contributed by atoms with van der Waals surface area (Å²) in [6.45, 7) is 3.96. The number of nitrogens with one attached hydrogen (secondary N) is 1. The monoisotopic (exact) mass is 461 g/mol. The Morgan fingerprint density at radius 1 is 0.824 bits per heavy atom. The van der Waals surface area contributed by atoms with Gasteiger partial charge in [-0.25, -0.2) is 0 Å². The molecule has 4 rings (SSSR count). The van der Waals surface area contributed by atoms with Crippen LogP contribution in [0.3, 0.4) is 0 Å². The van der Waals surface area contributed by atoms with Crippen molar-refractivity contribution < 1.29 is 18.4 Å². The SMILES string of the molecule is Cc1c(CC(=O)c2nnc(CN)o2)cccc1-c1cccc(NC(=O)c2nnc(CN)o2)c1C. The summed E-state index contributed by atoms with van der Waals surface area (Å²) in [5, 5.41) is 17.7. The molecule has 0 radical (unpaired) electrons. The minimum absolute atomic E-state index is 0.0492. The van der Waals surface area contributed by atoms with Gasteiger partial charge in [-0.3, -0.25) is 9.59 Å². The number of benzene rings is 2. The first-order valence-electron chi connectivity index (χ1n) is 10.5. The summed E-state index contributed by atoms with van der Waals surface area (Å²) in [6.07, 6.45) is 0.0992. The predicted molar refractivity (Wildman–Crippen MR) is 122 cm³/mol. The van der Waals surface area contributed by atoms with Gasteiger partial charge >= 0.3 is 11.8 Å². The summed E-state index contributed by atoms with van der Waals surface area (Å²) >= 11 is 0. The average molecular weight is 461 g/mol. The molecule has 5 N–H and O–H groups in total. The van der Waals surface area contributed by atoms with Gasteiger partial charge in [0.15, 0.2) is 0 Å². The summed E-state index contributed by atoms with van der Waals surface area (Å²) in [4.78, 5) is 25.2. The van der Waals surface area contributed by atoms with Gasteiger partial charge in [-0.05, 0) is 47.7 Å². The standard InChI is InChI=1S/C23H23N7O4/c1-12-14(9-18(31)22-29-27-19(10-24)33-22)5-3-6-15(12)16-7-4-8-17(13(16)2)26-21(32)23-30-28-20(11-25)34-23/h3-8H,9-11,24-25H2,1-2H3,(H,26,32). The molecule has 1 amide bonds. The third kappa shape index (κ3) is 4.60. The van der Waals surface area contributed by atoms with Crippen LogP contribution in [0.2, 0.25) is 0 Å². The van der Waals surface area contributed by atoms with Crippen molar-refractivity contribution in [2.24, 2.45) is 11.5 Å². The molecule has 34 heavy (non-hydrogen) atoms. The number of nitrogens with zero attached hydrogens (tertiary/aromatic N) is 4. The number of Topliss-reactive ketones (excluding diaryl/α,β-unsaturated/α-hetero) is 1. The summed E-state index contributed by atoms with van der Waals surface area (Å²) in [7, 11) is 0. The topological polar surface area (TPSA) is 176 Å². The molecule has 11 heteroatoms. The molecule has 0 saturated heterocycles. The van der Waals surface area contributed by atoms with E-state index < -0.39 is 5.91 Å². The van der Waals surface area contributed by atoms with E-state index in [4.69, 9.17) is 20.3 Å². The molecule has 0 aliphatic rings. The molecule has 2 heterocycles. The fraction of sp³-hybridized carbons (Fsp3) is 0.217. The highest BCUT2D eigenvalue weighted by Crippen LogP contribution is 2.32. The predicted octanol–water partition coefficient (Wildman–Crippen LogP) is 2.33. The Hall–Kier alpha value is -4.22. The maximum Gasteiger partial charge on any atom is 0.313 e. The third-order valence-electron chi connectivity index (χ3n) is 5.38. The zero-order valence-corrected chi connectivity index (χ0v) is 18.7. The highest BCUT2D eigenvalue weighted by atomic mass is 16.4. The van der Waals surface area contributed by atoms with E-state index in [1.807, 2.05) is 44.2 Å². The lowest BCUT2D eigenvalue weighted by Gasteiger charge is -2.15. The minimum Gasteiger partial charge on any atom is -0.417 e. The lowest BCUT2D eigenvalue weighted by atomic mass is 9.91. The number of hydrogen-bond donors (Lipinski definition) is 3. The van der Waals surface area contributed by atoms with E-state index in [9.17, 15) is 9.59 Å². The van der Waals surface area contributed by atoms with Crippen LogP contribution in [0.15, 0.2) is 45.2 Å². The van der Waals surface area contributed by atoms with Crippen molar-refractivity contribution in [1.82, 2.24) is 20.4 Å². The van der Waals surface area contributed by atoms with Gasteiger partial charge in [0.25, 0.3) is 5.89 Å². The largest absolute Gasteiger partial charge is 0.417 e. The third-order valence-corrected chi connectivity index (χ3v) is 5.38. The van der Waals surface area contributed by atoms with E-state index in [2.05, 4.69) is 25.7 Å². The number of carbonyl (C=O) groups excluding carboxylic acids is 2. The first-order valence-corrected chi connectivity index (χ1v) is 10.5. The number of nitrogens with two attached hydrogens (primary N) is 2. The Balaban J connectivity index is 1.59. The van der Waals surface area contributed by atoms with Crippen LogP contribution in [0.4, 0.5) is 5.69 Å². The maximum atomic E-state index is 12.6. The van der Waals surface area contributed by atoms with Crippen LogP contribution in [0.25, 0.3) is 11.1 Å². The second-order valence-electron chi connectivity index (χ2n) is 7.53. The highest BCUT2D eigenvalue weighted by Gasteiger charge is 2.19. The van der Waals surface area contributed by atoms with Gasteiger partial charge in [-0.15, -0.1) is 20.4 Å². The van der Waals surface area contributed by atoms with E-state index in [-0.39, 0.29) is 48.9 Å². The molecule has 0 aliphatic heterocycles. The van der Waals surface area contributed by atoms with Crippen molar-refractivity contribution in [3.63, 3.8) is 0 Å². The summed E-state index contributed by atoms with van der Waals surface area (Å²) in [5.41, 5.74) is 15.9. The molecular weight excluding hydrogens is 438 g/mol. The summed E-state index contributed by atoms with van der Waals surface area (Å²) in [5.74, 6) is -0.660. The first kappa shape index (κ1) is 23.0. The Morgan fingerprint density at radius 2 is 1.41 bits per heavy atom. The van der Waals surface area contributed by atoms with Crippen molar-refractivity contribution >= 4 is 17.4 Å². The van der Waals surface area contributed by atoms with E-state index in [1.54, 1.807) is 6.07 Å². The molecule has 0 unspecified atom stereocenters. The zero-order chi connectivity index (χ0) is 24.2. The second-order valence-corrected chi connectivity index (χ2v) is 7.53. The van der Waals surface area contributed by atoms with Crippen molar-refractivity contribution in [1.29, 1.82) is 0 Å². The van der Waals surface area contributed by atoms with Gasteiger partial charge in [0.2, 0.25) is 17.6 Å². The number of ketones is 1. The zero-order valence-electron chi connectivity index (χ0n) is 18.7. The molecule has 174 valence electrons. The van der Waals surface area contributed by atoms with E-state index >= 15 is 0 Å². The molecule has 0 fully saturated rings. The van der Waals surface area contributed by atoms with Gasteiger partial charge in [0.05, 0.1) is 13.1 Å². The van der Waals surface area contributed by atoms with Gasteiger partial charge in [-0.2, -0.15) is 0 Å². The highest BCUT2D eigenvalue weighted by molar-refractivity contribution is 6.02. The van der Waals surface area contributed by atoms with E-state index in [1.165, 1.54) is 0 Å². The summed E-state index contributed by atoms with van der Waals surface area (Å²) < 4.78 is 10.5. The molecule has 2 aromatic carbocycles. The fourth-order valence-corrected chi connectivity index (χ4v) is 3.53. The van der Waals surface area contributed by atoms with Gasteiger partial charge in [0.1, 0.15) is 0 Å². The van der Waals surface area contributed by atoms with E-state index in [0.29, 0.717) is 5.69 Å². The smallest absolute Gasteiger partial charge is 0.313 e. The number of rotatable bonds is 8. The maximum absolute atomic E-state index is 12.6. The number of carbonyl (C=O) groups is 2. The van der Waals surface area contributed by atoms with Crippen LogP contribution < -0.4 is 16.8 Å². The van der Waals surface area contributed by atoms with Crippen LogP contribution in [-0.4, -0.2) is 32.1 Å². The van der Waals surface area contributed by atoms with Crippen LogP contribution in [0.1, 0.15) is 49.8 Å². The van der Waals surface area contributed by atoms with Crippen molar-refractivity contribution in [2.75, 3.05) is 5.32 Å². The van der Waals surface area contributed by atoms with Gasteiger partial charge in [-0.1, -0.05) is 30.3 Å². The number of aromatic nitrogens is 4. The normalized spacial score (nSPS) is 10.9. The minimum atomic E-state index is -0.528. The van der Waals surface area contributed by atoms with E-state index in [0.717, 1.165) is 27.8 Å². The van der Waals surface area contributed by atoms with Crippen molar-refractivity contribution in [3.8, 4) is 11.1 Å². The van der Waals surface area contributed by atoms with Crippen molar-refractivity contribution in [2.45, 2.75) is 33.4 Å². The Labute approximate surface area is 194 Å². The Kier molecular flexibility index (Phi) is 6.57. The molecular formula is C23H23N7O4. The number of amides is 1. The fourth-order valence-electron chi connectivity index (χ4n) is 3.53. The average Bonchev–Trinajstić information content (AvgIpc) is 3.52. The lowest BCUT2D eigenvalue weighted by molar-refractivity contribution is 0.0956. The summed E-state index contributed by atoms with van der Waals surface area (Å²) in [6, 6.07) is 11.3. The van der Waals surface area contributed by atoms with Crippen LogP contribution >= 0.6 is 0 Å². The molecule has 11 nitrogen and oxygen atoms in total. The van der Waals surface area contributed by atoms with Crippen LogP contribution in [0, 0.1) is 13.8 Å². The van der Waals surface area contributed by atoms with Crippen molar-refractivity contribution in [3.05, 3.63) is 76.7 Å². The quantitative estimate of drug-likeness (QED) is 0.330. The Bertz CT molecular complexity index is 1260. The molecule has 0 spiro atoms. The van der Waals surface area contributed by atoms with Crippen LogP contribution in [-0.2, 0) is 19.5 Å².